The molecule has 0 amide bonds. The zero-order valence-corrected chi connectivity index (χ0v) is 17.1. The van der Waals surface area contributed by atoms with E-state index in [0.29, 0.717) is 6.04 Å². The van der Waals surface area contributed by atoms with Crippen molar-refractivity contribution >= 4 is 23.7 Å². The Kier molecular flexibility index (Phi) is 6.96. The number of aryl methyl sites for hydroxylation is 1. The number of thiazole rings is 1. The molecule has 1 aliphatic heterocycles. The molecule has 6 heteroatoms. The first-order valence-corrected chi connectivity index (χ1v) is 10.0. The van der Waals surface area contributed by atoms with E-state index >= 15 is 0 Å². The van der Waals surface area contributed by atoms with Gasteiger partial charge in [-0.05, 0) is 29.7 Å². The van der Waals surface area contributed by atoms with Gasteiger partial charge in [-0.25, -0.2) is 4.98 Å². The molecule has 3 heterocycles. The second-order valence-electron chi connectivity index (χ2n) is 6.63. The molecule has 4 rings (SSSR count). The van der Waals surface area contributed by atoms with E-state index in [9.17, 15) is 0 Å². The van der Waals surface area contributed by atoms with E-state index in [1.165, 1.54) is 16.0 Å². The van der Waals surface area contributed by atoms with Crippen molar-refractivity contribution in [1.82, 2.24) is 20.2 Å². The summed E-state index contributed by atoms with van der Waals surface area (Å²) in [6.45, 7) is 6.22. The highest BCUT2D eigenvalue weighted by molar-refractivity contribution is 7.14. The molecular formula is C21H25ClN4S. The van der Waals surface area contributed by atoms with Crippen molar-refractivity contribution in [2.75, 3.05) is 19.6 Å². The lowest BCUT2D eigenvalue weighted by molar-refractivity contribution is 0.155. The SMILES string of the molecule is CCc1ccc(C2CNCCN2Cc2cnc(-c3ccccn3)s2)cc1.Cl. The third-order valence-corrected chi connectivity index (χ3v) is 5.93. The maximum atomic E-state index is 4.59. The predicted octanol–water partition coefficient (Wildman–Crippen LogP) is 4.34. The number of rotatable bonds is 5. The highest BCUT2D eigenvalue weighted by Crippen LogP contribution is 2.28. The van der Waals surface area contributed by atoms with E-state index < -0.39 is 0 Å². The molecule has 142 valence electrons. The lowest BCUT2D eigenvalue weighted by Gasteiger charge is -2.36. The van der Waals surface area contributed by atoms with Crippen molar-refractivity contribution in [3.63, 3.8) is 0 Å². The molecular weight excluding hydrogens is 376 g/mol. The number of halogens is 1. The van der Waals surface area contributed by atoms with Gasteiger partial charge < -0.3 is 5.32 Å². The molecule has 0 radical (unpaired) electrons. The highest BCUT2D eigenvalue weighted by Gasteiger charge is 2.24. The molecule has 2 aromatic heterocycles. The minimum Gasteiger partial charge on any atom is -0.314 e. The summed E-state index contributed by atoms with van der Waals surface area (Å²) in [6.07, 6.45) is 4.92. The van der Waals surface area contributed by atoms with Gasteiger partial charge in [-0.2, -0.15) is 0 Å². The minimum atomic E-state index is 0. The van der Waals surface area contributed by atoms with Crippen LogP contribution in [-0.2, 0) is 13.0 Å². The van der Waals surface area contributed by atoms with Crippen LogP contribution in [0.2, 0.25) is 0 Å². The fourth-order valence-electron chi connectivity index (χ4n) is 3.43. The van der Waals surface area contributed by atoms with Crippen LogP contribution in [0.15, 0.2) is 54.9 Å². The third kappa shape index (κ3) is 4.74. The van der Waals surface area contributed by atoms with Crippen LogP contribution in [0.5, 0.6) is 0 Å². The molecule has 1 aliphatic rings. The molecule has 1 N–H and O–H groups in total. The van der Waals surface area contributed by atoms with E-state index in [1.807, 2.05) is 30.6 Å². The summed E-state index contributed by atoms with van der Waals surface area (Å²) in [5.74, 6) is 0. The molecule has 1 aromatic carbocycles. The first kappa shape index (κ1) is 20.0. The van der Waals surface area contributed by atoms with Crippen LogP contribution in [0.1, 0.15) is 29.0 Å². The van der Waals surface area contributed by atoms with E-state index in [-0.39, 0.29) is 12.4 Å². The van der Waals surface area contributed by atoms with Gasteiger partial charge >= 0.3 is 0 Å². The van der Waals surface area contributed by atoms with E-state index in [0.717, 1.165) is 43.3 Å². The average Bonchev–Trinajstić information content (AvgIpc) is 3.18. The Balaban J connectivity index is 0.00000210. The maximum absolute atomic E-state index is 4.59. The topological polar surface area (TPSA) is 41.0 Å². The van der Waals surface area contributed by atoms with Gasteiger partial charge in [0.1, 0.15) is 5.01 Å². The normalized spacial score (nSPS) is 17.4. The Bertz CT molecular complexity index is 835. The number of aromatic nitrogens is 2. The molecule has 1 unspecified atom stereocenters. The van der Waals surface area contributed by atoms with Crippen molar-refractivity contribution in [2.45, 2.75) is 25.9 Å². The summed E-state index contributed by atoms with van der Waals surface area (Å²) in [4.78, 5) is 12.9. The number of nitrogens with zero attached hydrogens (tertiary/aromatic N) is 3. The molecule has 1 atom stereocenters. The Hall–Kier alpha value is -1.79. The largest absolute Gasteiger partial charge is 0.314 e. The quantitative estimate of drug-likeness (QED) is 0.691. The van der Waals surface area contributed by atoms with Gasteiger partial charge in [0.15, 0.2) is 0 Å². The van der Waals surface area contributed by atoms with Crippen LogP contribution in [0, 0.1) is 0 Å². The fraction of sp³-hybridized carbons (Fsp3) is 0.333. The Labute approximate surface area is 171 Å². The molecule has 0 spiro atoms. The molecule has 27 heavy (non-hydrogen) atoms. The average molecular weight is 401 g/mol. The molecule has 3 aromatic rings. The first-order chi connectivity index (χ1) is 12.8. The number of hydrogen-bond donors (Lipinski definition) is 1. The van der Waals surface area contributed by atoms with Crippen molar-refractivity contribution in [2.24, 2.45) is 0 Å². The van der Waals surface area contributed by atoms with Crippen molar-refractivity contribution in [1.29, 1.82) is 0 Å². The van der Waals surface area contributed by atoms with Gasteiger partial charge in [-0.15, -0.1) is 23.7 Å². The molecule has 1 fully saturated rings. The molecule has 0 bridgehead atoms. The monoisotopic (exact) mass is 400 g/mol. The lowest BCUT2D eigenvalue weighted by Crippen LogP contribution is -2.45. The Morgan fingerprint density at radius 2 is 2.00 bits per heavy atom. The van der Waals surface area contributed by atoms with Crippen molar-refractivity contribution < 1.29 is 0 Å². The van der Waals surface area contributed by atoms with Crippen molar-refractivity contribution in [3.8, 4) is 10.7 Å². The summed E-state index contributed by atoms with van der Waals surface area (Å²) in [5.41, 5.74) is 3.74. The van der Waals surface area contributed by atoms with Gasteiger partial charge in [0.2, 0.25) is 0 Å². The number of nitrogens with one attached hydrogen (secondary N) is 1. The maximum Gasteiger partial charge on any atom is 0.142 e. The number of hydrogen-bond acceptors (Lipinski definition) is 5. The summed E-state index contributed by atoms with van der Waals surface area (Å²) in [5, 5.41) is 4.54. The first-order valence-electron chi connectivity index (χ1n) is 9.23. The zero-order valence-electron chi connectivity index (χ0n) is 15.5. The second-order valence-corrected chi connectivity index (χ2v) is 7.75. The summed E-state index contributed by atoms with van der Waals surface area (Å²) < 4.78 is 0. The molecule has 0 saturated carbocycles. The minimum absolute atomic E-state index is 0. The van der Waals surface area contributed by atoms with Crippen LogP contribution in [-0.4, -0.2) is 34.5 Å². The van der Waals surface area contributed by atoms with Crippen LogP contribution in [0.3, 0.4) is 0 Å². The highest BCUT2D eigenvalue weighted by atomic mass is 35.5. The van der Waals surface area contributed by atoms with Crippen LogP contribution >= 0.6 is 23.7 Å². The summed E-state index contributed by atoms with van der Waals surface area (Å²) >= 11 is 1.75. The Morgan fingerprint density at radius 3 is 2.74 bits per heavy atom. The van der Waals surface area contributed by atoms with Crippen molar-refractivity contribution in [3.05, 3.63) is 70.9 Å². The third-order valence-electron chi connectivity index (χ3n) is 4.92. The number of pyridine rings is 1. The van der Waals surface area contributed by atoms with Crippen LogP contribution in [0.25, 0.3) is 10.7 Å². The van der Waals surface area contributed by atoms with Crippen LogP contribution < -0.4 is 5.32 Å². The van der Waals surface area contributed by atoms with Gasteiger partial charge in [0, 0.05) is 49.5 Å². The van der Waals surface area contributed by atoms with Gasteiger partial charge in [0.25, 0.3) is 0 Å². The molecule has 0 aliphatic carbocycles. The molecule has 1 saturated heterocycles. The zero-order chi connectivity index (χ0) is 17.8. The van der Waals surface area contributed by atoms with Gasteiger partial charge in [0.05, 0.1) is 5.69 Å². The van der Waals surface area contributed by atoms with Gasteiger partial charge in [-0.1, -0.05) is 37.3 Å². The summed E-state index contributed by atoms with van der Waals surface area (Å²) in [6, 6.07) is 15.5. The van der Waals surface area contributed by atoms with E-state index in [2.05, 4.69) is 51.4 Å². The number of piperazine rings is 1. The van der Waals surface area contributed by atoms with E-state index in [4.69, 9.17) is 0 Å². The predicted molar refractivity (Wildman–Crippen MR) is 114 cm³/mol. The lowest BCUT2D eigenvalue weighted by atomic mass is 10.0. The number of benzene rings is 1. The standard InChI is InChI=1S/C21H24N4S.ClH/c1-2-16-6-8-17(9-7-16)20-14-22-11-12-25(20)15-18-13-24-21(26-18)19-5-3-4-10-23-19;/h3-10,13,20,22H,2,11-12,14-15H2,1H3;1H. The van der Waals surface area contributed by atoms with Crippen LogP contribution in [0.4, 0.5) is 0 Å². The summed E-state index contributed by atoms with van der Waals surface area (Å²) in [7, 11) is 0. The van der Waals surface area contributed by atoms with E-state index in [1.54, 1.807) is 11.3 Å². The Morgan fingerprint density at radius 1 is 1.15 bits per heavy atom. The molecule has 4 nitrogen and oxygen atoms in total. The van der Waals surface area contributed by atoms with Gasteiger partial charge in [-0.3, -0.25) is 9.88 Å². The second kappa shape index (κ2) is 9.42. The smallest absolute Gasteiger partial charge is 0.142 e. The fourth-order valence-corrected chi connectivity index (χ4v) is 4.34.